The Labute approximate surface area is 353 Å². The lowest BCUT2D eigenvalue weighted by Gasteiger charge is -2.46. The Kier molecular flexibility index (Phi) is 8.42. The molecule has 0 atom stereocenters. The van der Waals surface area contributed by atoms with Gasteiger partial charge in [0.25, 0.3) is 0 Å². The van der Waals surface area contributed by atoms with E-state index in [9.17, 15) is 0 Å². The first-order chi connectivity index (χ1) is 29.5. The normalized spacial score (nSPS) is 13.8. The van der Waals surface area contributed by atoms with Crippen molar-refractivity contribution in [2.24, 2.45) is 0 Å². The third-order valence-electron chi connectivity index (χ3n) is 12.9. The number of hydrogen-bond donors (Lipinski definition) is 0. The third-order valence-corrected chi connectivity index (χ3v) is 12.9. The predicted octanol–water partition coefficient (Wildman–Crippen LogP) is 15.3. The van der Waals surface area contributed by atoms with Crippen molar-refractivity contribution in [3.8, 4) is 22.3 Å². The van der Waals surface area contributed by atoms with Crippen molar-refractivity contribution >= 4 is 34.1 Å². The van der Waals surface area contributed by atoms with Gasteiger partial charge in [0.1, 0.15) is 0 Å². The molecule has 0 amide bonds. The van der Waals surface area contributed by atoms with Gasteiger partial charge in [-0.25, -0.2) is 0 Å². The lowest BCUT2D eigenvalue weighted by atomic mass is 9.55. The monoisotopic (exact) mass is 768 g/mol. The molecular formula is C58H44N2. The maximum atomic E-state index is 2.49. The van der Waals surface area contributed by atoms with E-state index in [1.54, 1.807) is 0 Å². The van der Waals surface area contributed by atoms with Crippen LogP contribution < -0.4 is 9.80 Å². The van der Waals surface area contributed by atoms with E-state index in [0.717, 1.165) is 34.1 Å². The molecule has 1 spiro atoms. The molecule has 2 aliphatic rings. The fraction of sp³-hybridized carbons (Fsp3) is 0.0690. The van der Waals surface area contributed by atoms with E-state index >= 15 is 0 Å². The molecule has 0 aromatic heterocycles. The van der Waals surface area contributed by atoms with Crippen molar-refractivity contribution in [3.05, 3.63) is 264 Å². The number of hydrogen-bond acceptors (Lipinski definition) is 2. The number of rotatable bonds is 7. The number of nitrogens with zero attached hydrogens (tertiary/aromatic N) is 2. The lowest BCUT2D eigenvalue weighted by molar-refractivity contribution is 0.563. The number of para-hydroxylation sites is 2. The Morgan fingerprint density at radius 1 is 0.267 bits per heavy atom. The minimum atomic E-state index is -0.483. The Hall–Kier alpha value is -7.42. The van der Waals surface area contributed by atoms with Crippen molar-refractivity contribution in [3.63, 3.8) is 0 Å². The van der Waals surface area contributed by atoms with Crippen LogP contribution in [0.15, 0.2) is 231 Å². The zero-order valence-corrected chi connectivity index (χ0v) is 33.8. The molecule has 9 aromatic carbocycles. The summed E-state index contributed by atoms with van der Waals surface area (Å²) in [6.07, 6.45) is 0. The van der Waals surface area contributed by atoms with Crippen LogP contribution in [0.2, 0.25) is 0 Å². The molecule has 0 heterocycles. The van der Waals surface area contributed by atoms with Gasteiger partial charge in [-0.15, -0.1) is 0 Å². The van der Waals surface area contributed by atoms with Crippen molar-refractivity contribution < 1.29 is 0 Å². The molecule has 286 valence electrons. The summed E-state index contributed by atoms with van der Waals surface area (Å²) >= 11 is 0. The molecule has 0 radical (unpaired) electrons. The molecule has 0 bridgehead atoms. The van der Waals surface area contributed by atoms with Crippen LogP contribution in [0.25, 0.3) is 22.3 Å². The molecule has 0 N–H and O–H groups in total. The summed E-state index contributed by atoms with van der Waals surface area (Å²) in [5, 5.41) is 0. The fourth-order valence-corrected chi connectivity index (χ4v) is 10.2. The molecule has 11 rings (SSSR count). The average molecular weight is 769 g/mol. The molecule has 2 aliphatic carbocycles. The van der Waals surface area contributed by atoms with Gasteiger partial charge in [0.05, 0.1) is 5.41 Å². The van der Waals surface area contributed by atoms with Crippen molar-refractivity contribution in [2.75, 3.05) is 9.80 Å². The van der Waals surface area contributed by atoms with Gasteiger partial charge in [-0.3, -0.25) is 0 Å². The topological polar surface area (TPSA) is 6.48 Å². The van der Waals surface area contributed by atoms with Gasteiger partial charge < -0.3 is 9.80 Å². The third kappa shape index (κ3) is 5.48. The summed E-state index contributed by atoms with van der Waals surface area (Å²) in [6.45, 7) is 4.77. The molecule has 0 saturated carbocycles. The molecule has 0 fully saturated rings. The smallest absolute Gasteiger partial charge is 0.0720 e. The number of anilines is 6. The van der Waals surface area contributed by atoms with Crippen LogP contribution in [0.1, 0.15) is 47.2 Å². The molecule has 9 aromatic rings. The summed E-state index contributed by atoms with van der Waals surface area (Å²) < 4.78 is 0. The fourth-order valence-electron chi connectivity index (χ4n) is 10.2. The Morgan fingerprint density at radius 2 is 0.617 bits per heavy atom. The number of benzene rings is 9. The number of fused-ring (bicyclic) bond motifs is 9. The predicted molar refractivity (Wildman–Crippen MR) is 251 cm³/mol. The first-order valence-corrected chi connectivity index (χ1v) is 20.9. The van der Waals surface area contributed by atoms with E-state index < -0.39 is 5.41 Å². The van der Waals surface area contributed by atoms with Gasteiger partial charge >= 0.3 is 0 Å². The molecule has 0 unspecified atom stereocenters. The van der Waals surface area contributed by atoms with Crippen LogP contribution in [0.4, 0.5) is 34.1 Å². The Bertz CT molecular complexity index is 2900. The zero-order valence-electron chi connectivity index (χ0n) is 33.8. The molecule has 2 heteroatoms. The summed E-state index contributed by atoms with van der Waals surface area (Å²) in [6, 6.07) is 84.5. The zero-order chi connectivity index (χ0) is 40.3. The first kappa shape index (κ1) is 35.7. The molecule has 60 heavy (non-hydrogen) atoms. The van der Waals surface area contributed by atoms with Crippen molar-refractivity contribution in [1.29, 1.82) is 0 Å². The molecule has 0 aliphatic heterocycles. The van der Waals surface area contributed by atoms with Crippen LogP contribution in [0.3, 0.4) is 0 Å². The van der Waals surface area contributed by atoms with Gasteiger partial charge in [-0.1, -0.05) is 172 Å². The largest absolute Gasteiger partial charge is 0.311 e. The maximum Gasteiger partial charge on any atom is 0.0720 e. The van der Waals surface area contributed by atoms with Gasteiger partial charge in [0, 0.05) is 39.5 Å². The van der Waals surface area contributed by atoms with E-state index in [1.807, 2.05) is 0 Å². The van der Waals surface area contributed by atoms with Crippen LogP contribution in [0, 0.1) is 0 Å². The van der Waals surface area contributed by atoms with Crippen LogP contribution in [-0.2, 0) is 10.8 Å². The van der Waals surface area contributed by atoms with Crippen LogP contribution in [0.5, 0.6) is 0 Å². The van der Waals surface area contributed by atoms with Gasteiger partial charge in [0.2, 0.25) is 0 Å². The highest BCUT2D eigenvalue weighted by Crippen LogP contribution is 2.62. The minimum Gasteiger partial charge on any atom is -0.311 e. The Morgan fingerprint density at radius 3 is 1.15 bits per heavy atom. The lowest BCUT2D eigenvalue weighted by Crippen LogP contribution is -2.40. The SMILES string of the molecule is CC1(C)c2ccccc2C2(c3ccccc3-c3ccc(N(c4ccc(-c5ccccc5)cc4)c4ccc(N(c5ccccc5)c5ccccc5)cc4)cc32)c2ccccc21. The van der Waals surface area contributed by atoms with Gasteiger partial charge in [0.15, 0.2) is 0 Å². The van der Waals surface area contributed by atoms with E-state index in [2.05, 4.69) is 254 Å². The quantitative estimate of drug-likeness (QED) is 0.159. The minimum absolute atomic E-state index is 0.157. The summed E-state index contributed by atoms with van der Waals surface area (Å²) in [4.78, 5) is 4.74. The maximum absolute atomic E-state index is 2.49. The van der Waals surface area contributed by atoms with E-state index in [4.69, 9.17) is 0 Å². The first-order valence-electron chi connectivity index (χ1n) is 20.9. The van der Waals surface area contributed by atoms with Crippen LogP contribution in [-0.4, -0.2) is 0 Å². The molecule has 0 saturated heterocycles. The average Bonchev–Trinajstić information content (AvgIpc) is 3.60. The summed E-state index contributed by atoms with van der Waals surface area (Å²) in [7, 11) is 0. The Balaban J connectivity index is 1.12. The van der Waals surface area contributed by atoms with Crippen molar-refractivity contribution in [1.82, 2.24) is 0 Å². The molecular weight excluding hydrogens is 725 g/mol. The van der Waals surface area contributed by atoms with Crippen LogP contribution >= 0.6 is 0 Å². The van der Waals surface area contributed by atoms with E-state index in [-0.39, 0.29) is 5.41 Å². The van der Waals surface area contributed by atoms with Gasteiger partial charge in [-0.05, 0) is 128 Å². The second-order valence-electron chi connectivity index (χ2n) is 16.5. The van der Waals surface area contributed by atoms with Gasteiger partial charge in [-0.2, -0.15) is 0 Å². The highest BCUT2D eigenvalue weighted by Gasteiger charge is 2.53. The highest BCUT2D eigenvalue weighted by molar-refractivity contribution is 5.91. The van der Waals surface area contributed by atoms with E-state index in [0.29, 0.717) is 0 Å². The standard InChI is InChI=1S/C58H44N2/c1-57(2)52-26-14-16-28-54(52)58(55-29-17-15-27-53(55)57)51-25-13-12-24-49(51)50-39-38-48(40-56(50)58)60(45-32-30-42(31-33-45)41-18-6-3-7-19-41)47-36-34-46(35-37-47)59(43-20-8-4-9-21-43)44-22-10-5-11-23-44/h3-40H,1-2H3. The molecule has 2 nitrogen and oxygen atoms in total. The van der Waals surface area contributed by atoms with Crippen molar-refractivity contribution in [2.45, 2.75) is 24.7 Å². The second-order valence-corrected chi connectivity index (χ2v) is 16.5. The second kappa shape index (κ2) is 14.1. The highest BCUT2D eigenvalue weighted by atomic mass is 15.2. The summed E-state index contributed by atoms with van der Waals surface area (Å²) in [5.74, 6) is 0. The summed E-state index contributed by atoms with van der Waals surface area (Å²) in [5.41, 5.74) is 19.1. The van der Waals surface area contributed by atoms with E-state index in [1.165, 1.54) is 55.6 Å².